The van der Waals surface area contributed by atoms with Crippen molar-refractivity contribution in [2.24, 2.45) is 5.92 Å². The number of rotatable bonds is 3. The minimum absolute atomic E-state index is 0. The van der Waals surface area contributed by atoms with Crippen LogP contribution in [-0.4, -0.2) is 18.4 Å². The molecule has 0 atom stereocenters. The maximum atomic E-state index is 10.9. The topological polar surface area (TPSA) is 58.2 Å². The quantitative estimate of drug-likeness (QED) is 0.711. The molecule has 0 saturated heterocycles. The third-order valence-electron chi connectivity index (χ3n) is 1.14. The van der Waals surface area contributed by atoms with Crippen LogP contribution in [-0.2, 0) is 28.1 Å². The maximum Gasteiger partial charge on any atom is 0.222 e. The summed E-state index contributed by atoms with van der Waals surface area (Å²) in [4.78, 5) is 21.4. The molecule has 4 nitrogen and oxygen atoms in total. The molecule has 0 rings (SSSR count). The summed E-state index contributed by atoms with van der Waals surface area (Å²) in [6.45, 7) is 7.52. The largest absolute Gasteiger partial charge is 0.507 e. The smallest absolute Gasteiger partial charge is 0.222 e. The fourth-order valence-corrected chi connectivity index (χ4v) is 0.434. The molecule has 0 bridgehead atoms. The van der Waals surface area contributed by atoms with Gasteiger partial charge in [0, 0.05) is 24.5 Å². The second-order valence-corrected chi connectivity index (χ2v) is 2.47. The van der Waals surface area contributed by atoms with Gasteiger partial charge in [0.1, 0.15) is 0 Å². The van der Waals surface area contributed by atoms with Crippen LogP contribution >= 0.6 is 0 Å². The van der Waals surface area contributed by atoms with Crippen molar-refractivity contribution in [1.82, 2.24) is 10.6 Å². The molecule has 0 spiro atoms. The molecule has 0 aliphatic carbocycles. The van der Waals surface area contributed by atoms with Gasteiger partial charge in [-0.2, -0.15) is 0 Å². The Balaban J connectivity index is -0.000000376. The van der Waals surface area contributed by atoms with E-state index in [2.05, 4.69) is 17.7 Å². The number of amides is 2. The van der Waals surface area contributed by atoms with E-state index in [4.69, 9.17) is 0 Å². The summed E-state index contributed by atoms with van der Waals surface area (Å²) in [7, 11) is 3.16. The molecular formula is C9H19N2O2V-. The first-order valence-corrected chi connectivity index (χ1v) is 4.41. The van der Waals surface area contributed by atoms with Crippen LogP contribution in [0.5, 0.6) is 0 Å². The predicted octanol–water partition coefficient (Wildman–Crippen LogP) is 0.690. The molecule has 0 heterocycles. The molecule has 5 heteroatoms. The Bertz CT molecular complexity index is 161. The van der Waals surface area contributed by atoms with Gasteiger partial charge in [0.2, 0.25) is 11.8 Å². The number of nitrogens with one attached hydrogen (secondary N) is 2. The van der Waals surface area contributed by atoms with E-state index in [0.29, 0.717) is 0 Å². The molecule has 0 saturated carbocycles. The average molecular weight is 238 g/mol. The van der Waals surface area contributed by atoms with Gasteiger partial charge in [0.15, 0.2) is 0 Å². The molecule has 1 radical (unpaired) electrons. The van der Waals surface area contributed by atoms with Crippen LogP contribution in [0.3, 0.4) is 0 Å². The van der Waals surface area contributed by atoms with Gasteiger partial charge in [-0.05, 0) is 0 Å². The zero-order chi connectivity index (χ0) is 10.9. The minimum atomic E-state index is -0.293. The van der Waals surface area contributed by atoms with Crippen LogP contribution in [0, 0.1) is 13.0 Å². The van der Waals surface area contributed by atoms with E-state index in [9.17, 15) is 9.59 Å². The first kappa shape index (κ1) is 19.2. The van der Waals surface area contributed by atoms with Gasteiger partial charge < -0.3 is 10.6 Å². The Morgan fingerprint density at radius 1 is 1.29 bits per heavy atom. The van der Waals surface area contributed by atoms with Gasteiger partial charge in [0.05, 0.1) is 6.54 Å². The minimum Gasteiger partial charge on any atom is -0.507 e. The Hall–Kier alpha value is -0.476. The summed E-state index contributed by atoms with van der Waals surface area (Å²) in [6, 6.07) is 0. The molecule has 83 valence electrons. The van der Waals surface area contributed by atoms with E-state index < -0.39 is 0 Å². The fraction of sp³-hybridized carbons (Fsp3) is 0.667. The Kier molecular flexibility index (Phi) is 17.1. The summed E-state index contributed by atoms with van der Waals surface area (Å²) in [6.07, 6.45) is 0. The Labute approximate surface area is 98.1 Å². The van der Waals surface area contributed by atoms with Crippen molar-refractivity contribution in [3.05, 3.63) is 7.05 Å². The molecule has 2 amide bonds. The van der Waals surface area contributed by atoms with Crippen molar-refractivity contribution < 1.29 is 28.1 Å². The molecule has 0 aromatic rings. The maximum absolute atomic E-state index is 10.9. The number of hydrogen-bond acceptors (Lipinski definition) is 2. The van der Waals surface area contributed by atoms with Crippen molar-refractivity contribution in [2.45, 2.75) is 27.7 Å². The van der Waals surface area contributed by atoms with Gasteiger partial charge in [-0.25, -0.2) is 0 Å². The summed E-state index contributed by atoms with van der Waals surface area (Å²) in [5.74, 6) is -0.514. The number of carbonyl (C=O) groups is 2. The predicted molar refractivity (Wildman–Crippen MR) is 52.7 cm³/mol. The van der Waals surface area contributed by atoms with Crippen molar-refractivity contribution in [1.29, 1.82) is 0 Å². The monoisotopic (exact) mass is 238 g/mol. The second kappa shape index (κ2) is 12.5. The van der Waals surface area contributed by atoms with E-state index in [1.54, 1.807) is 13.8 Å². The summed E-state index contributed by atoms with van der Waals surface area (Å²) in [5, 5.41) is 4.60. The standard InChI is InChI=1S/C7H13N2O2.C2H6.V/c1-5(2)7(11)9-4-6(10)8-3;1-2;/h5H,3-4H2,1-2H3,(H,8,10)(H,9,11);1-2H3;/q-1;;. The molecule has 0 aliphatic rings. The van der Waals surface area contributed by atoms with Crippen LogP contribution in [0.15, 0.2) is 0 Å². The van der Waals surface area contributed by atoms with Gasteiger partial charge >= 0.3 is 0 Å². The van der Waals surface area contributed by atoms with Crippen molar-refractivity contribution >= 4 is 11.8 Å². The van der Waals surface area contributed by atoms with E-state index >= 15 is 0 Å². The normalized spacial score (nSPS) is 7.86. The third-order valence-corrected chi connectivity index (χ3v) is 1.14. The third kappa shape index (κ3) is 11.5. The molecule has 0 aliphatic heterocycles. The number of hydrogen-bond donors (Lipinski definition) is 2. The summed E-state index contributed by atoms with van der Waals surface area (Å²) in [5.41, 5.74) is 0. The zero-order valence-corrected chi connectivity index (χ0v) is 10.7. The van der Waals surface area contributed by atoms with Crippen molar-refractivity contribution in [3.8, 4) is 0 Å². The van der Waals surface area contributed by atoms with E-state index in [0.717, 1.165) is 0 Å². The van der Waals surface area contributed by atoms with Crippen molar-refractivity contribution in [2.75, 3.05) is 6.54 Å². The fourth-order valence-electron chi connectivity index (χ4n) is 0.434. The zero-order valence-electron chi connectivity index (χ0n) is 9.26. The molecule has 0 aromatic carbocycles. The molecule has 0 aromatic heterocycles. The average Bonchev–Trinajstić information content (AvgIpc) is 2.16. The molecular weight excluding hydrogens is 219 g/mol. The van der Waals surface area contributed by atoms with E-state index in [-0.39, 0.29) is 42.8 Å². The van der Waals surface area contributed by atoms with Crippen molar-refractivity contribution in [3.63, 3.8) is 0 Å². The first-order valence-electron chi connectivity index (χ1n) is 4.41. The second-order valence-electron chi connectivity index (χ2n) is 2.47. The van der Waals surface area contributed by atoms with Crippen LogP contribution in [0.2, 0.25) is 0 Å². The summed E-state index contributed by atoms with van der Waals surface area (Å²) >= 11 is 0. The van der Waals surface area contributed by atoms with Crippen LogP contribution in [0.1, 0.15) is 27.7 Å². The van der Waals surface area contributed by atoms with Gasteiger partial charge in [0.25, 0.3) is 0 Å². The molecule has 0 fully saturated rings. The van der Waals surface area contributed by atoms with Gasteiger partial charge in [-0.1, -0.05) is 27.7 Å². The molecule has 0 unspecified atom stereocenters. The van der Waals surface area contributed by atoms with Crippen LogP contribution < -0.4 is 10.6 Å². The Morgan fingerprint density at radius 3 is 2.00 bits per heavy atom. The Morgan fingerprint density at radius 2 is 1.71 bits per heavy atom. The SMILES string of the molecule is CC.[CH2-]NC(=O)CNC(=O)C(C)C.[V]. The van der Waals surface area contributed by atoms with Gasteiger partial charge in [-0.3, -0.25) is 16.6 Å². The van der Waals surface area contributed by atoms with E-state index in [1.807, 2.05) is 13.8 Å². The van der Waals surface area contributed by atoms with E-state index in [1.165, 1.54) is 0 Å². The molecule has 14 heavy (non-hydrogen) atoms. The van der Waals surface area contributed by atoms with Gasteiger partial charge in [-0.15, -0.1) is 0 Å². The number of carbonyl (C=O) groups excluding carboxylic acids is 2. The van der Waals surface area contributed by atoms with Crippen LogP contribution in [0.25, 0.3) is 0 Å². The summed E-state index contributed by atoms with van der Waals surface area (Å²) < 4.78 is 0. The first-order chi connectivity index (χ1) is 6.07. The van der Waals surface area contributed by atoms with Crippen LogP contribution in [0.4, 0.5) is 0 Å². The molecule has 2 N–H and O–H groups in total.